The summed E-state index contributed by atoms with van der Waals surface area (Å²) in [6, 6.07) is -1.25. The van der Waals surface area contributed by atoms with Crippen molar-refractivity contribution in [2.45, 2.75) is 73.8 Å². The van der Waals surface area contributed by atoms with Gasteiger partial charge in [-0.05, 0) is 0 Å². The molecule has 0 spiro atoms. The first-order valence-corrected chi connectivity index (χ1v) is 11.7. The van der Waals surface area contributed by atoms with Gasteiger partial charge >= 0.3 is 0 Å². The molecule has 17 nitrogen and oxygen atoms in total. The van der Waals surface area contributed by atoms with E-state index in [-0.39, 0.29) is 18.4 Å². The molecule has 2 fully saturated rings. The monoisotopic (exact) mass is 524 g/mol. The Kier molecular flexibility index (Phi) is 7.17. The highest BCUT2D eigenvalue weighted by Crippen LogP contribution is 2.30. The topological polar surface area (TPSA) is 234 Å². The average molecular weight is 524 g/mol. The molecule has 2 saturated heterocycles. The second-order valence-electron chi connectivity index (χ2n) is 9.06. The number of carbonyl (C=O) groups is 2. The van der Waals surface area contributed by atoms with Gasteiger partial charge in [-0.25, -0.2) is 9.98 Å². The maximum absolute atomic E-state index is 11.6. The van der Waals surface area contributed by atoms with Crippen LogP contribution in [0.5, 0.6) is 0 Å². The molecule has 0 aromatic heterocycles. The van der Waals surface area contributed by atoms with E-state index < -0.39 is 74.0 Å². The molecule has 0 radical (unpaired) electrons. The van der Waals surface area contributed by atoms with Gasteiger partial charge in [-0.2, -0.15) is 0 Å². The van der Waals surface area contributed by atoms with Crippen molar-refractivity contribution >= 4 is 37.2 Å². The van der Waals surface area contributed by atoms with Crippen molar-refractivity contribution in [3.8, 4) is 0 Å². The summed E-state index contributed by atoms with van der Waals surface area (Å²) >= 11 is 0. The van der Waals surface area contributed by atoms with Crippen LogP contribution in [0.25, 0.3) is 0 Å². The molecule has 6 rings (SSSR count). The van der Waals surface area contributed by atoms with Crippen molar-refractivity contribution in [1.82, 2.24) is 20.4 Å². The highest BCUT2D eigenvalue weighted by molar-refractivity contribution is 5.96. The van der Waals surface area contributed by atoms with E-state index in [1.54, 1.807) is 4.90 Å². The van der Waals surface area contributed by atoms with Gasteiger partial charge in [0.15, 0.2) is 30.6 Å². The lowest BCUT2D eigenvalue weighted by Crippen LogP contribution is -2.53. The number of carbonyl (C=O) groups excluding carboxylic acids is 2. The molecule has 7 N–H and O–H groups in total. The van der Waals surface area contributed by atoms with Crippen molar-refractivity contribution < 1.29 is 44.6 Å². The predicted octanol–water partition coefficient (Wildman–Crippen LogP) is -5.73. The SMILES string of the molecule is O=C1NC=NC2C1N=CN2[C@@H]1O[C@H](CO)[C@@H](O)[C@H]1O.O=C1NC=NC2C1N=CN2[C@H]1C[C@H](O)[C@@H](CO)O1. The lowest BCUT2D eigenvalue weighted by molar-refractivity contribution is -0.124. The van der Waals surface area contributed by atoms with Crippen molar-refractivity contribution in [2.75, 3.05) is 13.2 Å². The van der Waals surface area contributed by atoms with E-state index in [9.17, 15) is 24.9 Å². The Hall–Kier alpha value is -3.06. The van der Waals surface area contributed by atoms with Gasteiger partial charge in [0.25, 0.3) is 11.8 Å². The third-order valence-electron chi connectivity index (χ3n) is 6.83. The van der Waals surface area contributed by atoms with Crippen LogP contribution in [0.3, 0.4) is 0 Å². The zero-order chi connectivity index (χ0) is 26.3. The summed E-state index contributed by atoms with van der Waals surface area (Å²) in [6.07, 6.45) is -1.03. The summed E-state index contributed by atoms with van der Waals surface area (Å²) in [6.45, 7) is -0.641. The van der Waals surface area contributed by atoms with Gasteiger partial charge in [0.1, 0.15) is 30.6 Å². The molecule has 17 heteroatoms. The molecular formula is C20H28N8O9. The zero-order valence-electron chi connectivity index (χ0n) is 19.3. The summed E-state index contributed by atoms with van der Waals surface area (Å²) in [4.78, 5) is 42.7. The van der Waals surface area contributed by atoms with E-state index in [0.29, 0.717) is 6.42 Å². The Bertz CT molecular complexity index is 1010. The fraction of sp³-hybridized carbons (Fsp3) is 0.700. The van der Waals surface area contributed by atoms with Crippen LogP contribution in [0.1, 0.15) is 6.42 Å². The van der Waals surface area contributed by atoms with E-state index in [1.807, 2.05) is 0 Å². The van der Waals surface area contributed by atoms with E-state index in [1.165, 1.54) is 30.3 Å². The standard InChI is InChI=1S/C10H14N4O5.C10H14N4O4/c15-1-4-6(16)7(17)10(19-4)14-3-13-5-8(14)11-2-12-9(5)18;15-2-6-5(16)1-7(18-6)14-4-13-8-9(14)11-3-12-10(8)17/h2-8,10,15-17H,1H2,(H,11,12,18);3-9,15-16H,1-2H2,(H,11,12,17)/t4-,5?,6-,7-,8?,10-;5-,6+,7+,8?,9?/m10/s1. The van der Waals surface area contributed by atoms with Crippen molar-refractivity contribution in [2.24, 2.45) is 20.0 Å². The number of nitrogens with one attached hydrogen (secondary N) is 2. The molecule has 11 atom stereocenters. The molecule has 0 aliphatic carbocycles. The zero-order valence-corrected chi connectivity index (χ0v) is 19.3. The van der Waals surface area contributed by atoms with Gasteiger partial charge in [0, 0.05) is 6.42 Å². The molecule has 37 heavy (non-hydrogen) atoms. The third-order valence-corrected chi connectivity index (χ3v) is 6.83. The fourth-order valence-corrected chi connectivity index (χ4v) is 4.81. The van der Waals surface area contributed by atoms with Crippen molar-refractivity contribution in [3.63, 3.8) is 0 Å². The van der Waals surface area contributed by atoms with Crippen LogP contribution in [0.15, 0.2) is 20.0 Å². The van der Waals surface area contributed by atoms with Crippen molar-refractivity contribution in [3.05, 3.63) is 0 Å². The number of hydrogen-bond donors (Lipinski definition) is 7. The summed E-state index contributed by atoms with van der Waals surface area (Å²) in [7, 11) is 0. The van der Waals surface area contributed by atoms with Crippen LogP contribution >= 0.6 is 0 Å². The Morgan fingerprint density at radius 1 is 0.811 bits per heavy atom. The van der Waals surface area contributed by atoms with Gasteiger partial charge in [-0.15, -0.1) is 0 Å². The molecule has 0 aromatic rings. The molecule has 2 amide bonds. The van der Waals surface area contributed by atoms with Crippen molar-refractivity contribution in [1.29, 1.82) is 0 Å². The maximum Gasteiger partial charge on any atom is 0.254 e. The second-order valence-corrected chi connectivity index (χ2v) is 9.06. The van der Waals surface area contributed by atoms with E-state index in [2.05, 4.69) is 30.6 Å². The Balaban J connectivity index is 0.000000152. The largest absolute Gasteiger partial charge is 0.394 e. The van der Waals surface area contributed by atoms with Crippen LogP contribution in [-0.4, -0.2) is 153 Å². The number of aliphatic hydroxyl groups is 5. The lowest BCUT2D eigenvalue weighted by Gasteiger charge is -2.31. The number of nitrogens with zero attached hydrogens (tertiary/aromatic N) is 6. The highest BCUT2D eigenvalue weighted by atomic mass is 16.6. The minimum absolute atomic E-state index is 0.203. The molecular weight excluding hydrogens is 496 g/mol. The van der Waals surface area contributed by atoms with Crippen LogP contribution in [0.4, 0.5) is 0 Å². The second kappa shape index (κ2) is 10.4. The number of fused-ring (bicyclic) bond motifs is 2. The van der Waals surface area contributed by atoms with Crippen LogP contribution in [-0.2, 0) is 19.1 Å². The Morgan fingerprint density at radius 2 is 1.38 bits per heavy atom. The smallest absolute Gasteiger partial charge is 0.254 e. The number of ether oxygens (including phenoxy) is 2. The molecule has 0 aromatic carbocycles. The molecule has 0 bridgehead atoms. The average Bonchev–Trinajstić information content (AvgIpc) is 3.66. The van der Waals surface area contributed by atoms with Gasteiger partial charge in [0.05, 0.1) is 44.7 Å². The van der Waals surface area contributed by atoms with Gasteiger partial charge < -0.3 is 55.4 Å². The normalized spacial score (nSPS) is 43.4. The molecule has 202 valence electrons. The third kappa shape index (κ3) is 4.58. The predicted molar refractivity (Wildman–Crippen MR) is 123 cm³/mol. The van der Waals surface area contributed by atoms with E-state index >= 15 is 0 Å². The summed E-state index contributed by atoms with van der Waals surface area (Å²) in [5.74, 6) is -0.489. The van der Waals surface area contributed by atoms with Gasteiger partial charge in [0.2, 0.25) is 0 Å². The number of aliphatic imine (C=N–C) groups is 4. The van der Waals surface area contributed by atoms with Crippen LogP contribution in [0, 0.1) is 0 Å². The minimum Gasteiger partial charge on any atom is -0.394 e. The number of rotatable bonds is 4. The van der Waals surface area contributed by atoms with E-state index in [0.717, 1.165) is 0 Å². The number of hydrogen-bond acceptors (Lipinski definition) is 15. The fourth-order valence-electron chi connectivity index (χ4n) is 4.81. The first-order chi connectivity index (χ1) is 17.8. The minimum atomic E-state index is -1.21. The van der Waals surface area contributed by atoms with Gasteiger partial charge in [-0.3, -0.25) is 19.6 Å². The molecule has 6 aliphatic heterocycles. The number of aliphatic hydroxyl groups excluding tert-OH is 5. The molecule has 6 heterocycles. The van der Waals surface area contributed by atoms with Crippen LogP contribution < -0.4 is 10.6 Å². The highest BCUT2D eigenvalue weighted by Gasteiger charge is 2.50. The molecule has 0 saturated carbocycles. The summed E-state index contributed by atoms with van der Waals surface area (Å²) in [5, 5.41) is 52.4. The van der Waals surface area contributed by atoms with Crippen LogP contribution in [0.2, 0.25) is 0 Å². The Morgan fingerprint density at radius 3 is 1.92 bits per heavy atom. The van der Waals surface area contributed by atoms with E-state index in [4.69, 9.17) is 19.7 Å². The Labute approximate surface area is 209 Å². The summed E-state index contributed by atoms with van der Waals surface area (Å²) < 4.78 is 10.9. The lowest BCUT2D eigenvalue weighted by atomic mass is 10.1. The first kappa shape index (κ1) is 25.6. The molecule has 6 aliphatic rings. The quantitative estimate of drug-likeness (QED) is 0.183. The maximum atomic E-state index is 11.6. The first-order valence-electron chi connectivity index (χ1n) is 11.7. The molecule has 4 unspecified atom stereocenters. The number of amides is 2. The summed E-state index contributed by atoms with van der Waals surface area (Å²) in [5.41, 5.74) is 0. The van der Waals surface area contributed by atoms with Gasteiger partial charge in [-0.1, -0.05) is 0 Å².